The van der Waals surface area contributed by atoms with E-state index in [1.807, 2.05) is 51.0 Å². The van der Waals surface area contributed by atoms with Gasteiger partial charge in [-0.1, -0.05) is 64.6 Å². The summed E-state index contributed by atoms with van der Waals surface area (Å²) in [5.41, 5.74) is 3.43. The number of halogens is 1. The number of ether oxygens (including phenoxy) is 2. The third-order valence-corrected chi connectivity index (χ3v) is 13.3. The molecule has 0 spiro atoms. The van der Waals surface area contributed by atoms with Gasteiger partial charge in [0.05, 0.1) is 36.3 Å². The number of hydrogen-bond donors (Lipinski definition) is 2. The monoisotopic (exact) mass is 731 g/mol. The van der Waals surface area contributed by atoms with E-state index in [1.54, 1.807) is 6.07 Å². The molecule has 8 atom stereocenters. The number of amides is 1. The first-order valence-electron chi connectivity index (χ1n) is 18.7. The van der Waals surface area contributed by atoms with Gasteiger partial charge in [-0.3, -0.25) is 14.4 Å². The fourth-order valence-electron chi connectivity index (χ4n) is 7.70. The average molecular weight is 732 g/mol. The van der Waals surface area contributed by atoms with E-state index in [-0.39, 0.29) is 29.6 Å². The van der Waals surface area contributed by atoms with Crippen molar-refractivity contribution in [3.8, 4) is 5.75 Å². The number of hydrogen-bond acceptors (Lipinski definition) is 7. The molecule has 1 amide bonds. The van der Waals surface area contributed by atoms with Crippen molar-refractivity contribution in [1.29, 1.82) is 0 Å². The highest BCUT2D eigenvalue weighted by atomic mass is 35.5. The summed E-state index contributed by atoms with van der Waals surface area (Å²) in [5.74, 6) is 1.72. The number of carbonyl (C=O) groups is 1. The molecule has 0 radical (unpaired) electrons. The molecule has 0 saturated carbocycles. The number of benzene rings is 2. The maximum absolute atomic E-state index is 13.5. The lowest BCUT2D eigenvalue weighted by atomic mass is 9.77. The molecule has 8 nitrogen and oxygen atoms in total. The Balaban J connectivity index is 1.73. The van der Waals surface area contributed by atoms with Crippen LogP contribution >= 0.6 is 11.6 Å². The van der Waals surface area contributed by atoms with Crippen LogP contribution in [0.25, 0.3) is 0 Å². The first kappa shape index (κ1) is 40.6. The summed E-state index contributed by atoms with van der Waals surface area (Å²) >= 11 is 6.47. The van der Waals surface area contributed by atoms with Crippen molar-refractivity contribution >= 4 is 34.2 Å². The number of anilines is 1. The van der Waals surface area contributed by atoms with Crippen molar-refractivity contribution in [2.45, 2.75) is 96.8 Å². The molecule has 2 aliphatic heterocycles. The fraction of sp³-hybridized carbons (Fsp3) is 0.675. The standard InChI is InChI=1S/C40H62ClN3O5S/c1-9-12-30-19-34(41)16-17-36(30)33-22-44-21-28(4)35(10-2)32(23-48-26-40(6,25-45)43(7)8)14-11-13-27(3)29(5)50(47)42-39(46)31-15-18-38(49-24-33)37(44)20-31/h15-20,27-29,32-33,35,45H,9-14,21-26H2,1-8H3,(H,42,46)/t27?,28?,29?,32?,33?,35?,40-,50?/m0/s1. The normalized spacial score (nSPS) is 28.0. The zero-order valence-electron chi connectivity index (χ0n) is 31.7. The largest absolute Gasteiger partial charge is 0.491 e. The topological polar surface area (TPSA) is 91.3 Å². The molecule has 280 valence electrons. The Morgan fingerprint density at radius 1 is 1.10 bits per heavy atom. The second-order valence-corrected chi connectivity index (χ2v) is 17.4. The highest BCUT2D eigenvalue weighted by molar-refractivity contribution is 7.84. The van der Waals surface area contributed by atoms with Gasteiger partial charge in [0, 0.05) is 36.2 Å². The van der Waals surface area contributed by atoms with Gasteiger partial charge >= 0.3 is 0 Å². The Bertz CT molecular complexity index is 1440. The second kappa shape index (κ2) is 18.5. The van der Waals surface area contributed by atoms with Crippen molar-refractivity contribution in [3.63, 3.8) is 0 Å². The quantitative estimate of drug-likeness (QED) is 0.262. The first-order chi connectivity index (χ1) is 23.8. The Morgan fingerprint density at radius 2 is 1.86 bits per heavy atom. The van der Waals surface area contributed by atoms with Crippen LogP contribution in [-0.4, -0.2) is 84.5 Å². The Hall–Kier alpha value is -2.17. The summed E-state index contributed by atoms with van der Waals surface area (Å²) in [7, 11) is 2.44. The molecule has 2 aromatic carbocycles. The molecule has 0 aromatic heterocycles. The van der Waals surface area contributed by atoms with Crippen molar-refractivity contribution in [3.05, 3.63) is 58.1 Å². The van der Waals surface area contributed by atoms with Gasteiger partial charge in [-0.25, -0.2) is 4.21 Å². The third kappa shape index (κ3) is 10.0. The Morgan fingerprint density at radius 3 is 2.54 bits per heavy atom. The molecule has 10 heteroatoms. The molecule has 50 heavy (non-hydrogen) atoms. The summed E-state index contributed by atoms with van der Waals surface area (Å²) in [6.45, 7) is 16.1. The van der Waals surface area contributed by atoms with E-state index in [2.05, 4.69) is 49.4 Å². The van der Waals surface area contributed by atoms with Gasteiger partial charge in [0.1, 0.15) is 16.7 Å². The van der Waals surface area contributed by atoms with Gasteiger partial charge in [0.15, 0.2) is 0 Å². The number of aliphatic hydroxyl groups excluding tert-OH is 1. The summed E-state index contributed by atoms with van der Waals surface area (Å²) in [4.78, 5) is 18.0. The summed E-state index contributed by atoms with van der Waals surface area (Å²) in [5, 5.41) is 10.7. The van der Waals surface area contributed by atoms with Crippen LogP contribution in [0.4, 0.5) is 5.69 Å². The van der Waals surface area contributed by atoms with Crippen molar-refractivity contribution in [2.24, 2.45) is 23.7 Å². The smallest absolute Gasteiger partial charge is 0.263 e. The average Bonchev–Trinajstić information content (AvgIpc) is 3.26. The van der Waals surface area contributed by atoms with Gasteiger partial charge in [-0.2, -0.15) is 0 Å². The number of nitrogens with one attached hydrogen (secondary N) is 1. The van der Waals surface area contributed by atoms with E-state index in [0.29, 0.717) is 43.1 Å². The van der Waals surface area contributed by atoms with E-state index in [9.17, 15) is 14.1 Å². The van der Waals surface area contributed by atoms with Crippen LogP contribution in [0.15, 0.2) is 36.4 Å². The van der Waals surface area contributed by atoms with Crippen molar-refractivity contribution < 1.29 is 23.6 Å². The van der Waals surface area contributed by atoms with E-state index in [4.69, 9.17) is 21.1 Å². The maximum atomic E-state index is 13.5. The predicted octanol–water partition coefficient (Wildman–Crippen LogP) is 7.48. The number of likely N-dealkylation sites (N-methyl/N-ethyl adjacent to an activating group) is 1. The zero-order valence-corrected chi connectivity index (χ0v) is 33.2. The van der Waals surface area contributed by atoms with Crippen LogP contribution in [0.3, 0.4) is 0 Å². The number of rotatable bonds is 10. The van der Waals surface area contributed by atoms with Crippen molar-refractivity contribution in [2.75, 3.05) is 58.5 Å². The summed E-state index contributed by atoms with van der Waals surface area (Å²) in [6.07, 6.45) is 5.87. The lowest BCUT2D eigenvalue weighted by Gasteiger charge is -2.38. The third-order valence-electron chi connectivity index (χ3n) is 11.6. The Labute approximate surface area is 309 Å². The van der Waals surface area contributed by atoms with E-state index < -0.39 is 16.5 Å². The number of nitrogens with zero attached hydrogens (tertiary/aromatic N) is 2. The minimum absolute atomic E-state index is 0.0224. The molecule has 0 saturated heterocycles. The molecule has 2 aliphatic rings. The van der Waals surface area contributed by atoms with Crippen LogP contribution in [-0.2, 0) is 22.1 Å². The van der Waals surface area contributed by atoms with Crippen LogP contribution < -0.4 is 14.4 Å². The van der Waals surface area contributed by atoms with Gasteiger partial charge in [0.2, 0.25) is 0 Å². The molecule has 2 N–H and O–H groups in total. The minimum atomic E-state index is -1.52. The minimum Gasteiger partial charge on any atom is -0.491 e. The number of carbonyl (C=O) groups excluding carboxylic acids is 1. The first-order valence-corrected chi connectivity index (χ1v) is 20.3. The van der Waals surface area contributed by atoms with Crippen LogP contribution in [0.1, 0.15) is 101 Å². The maximum Gasteiger partial charge on any atom is 0.263 e. The van der Waals surface area contributed by atoms with Gasteiger partial charge < -0.3 is 19.5 Å². The molecule has 2 aromatic rings. The van der Waals surface area contributed by atoms with Gasteiger partial charge in [-0.15, -0.1) is 0 Å². The van der Waals surface area contributed by atoms with Gasteiger partial charge in [-0.05, 0) is 112 Å². The second-order valence-electron chi connectivity index (χ2n) is 15.4. The highest BCUT2D eigenvalue weighted by Crippen LogP contribution is 2.39. The molecule has 0 fully saturated rings. The van der Waals surface area contributed by atoms with Crippen LogP contribution in [0, 0.1) is 23.7 Å². The molecular formula is C40H62ClN3O5S. The van der Waals surface area contributed by atoms with E-state index in [0.717, 1.165) is 68.1 Å². The van der Waals surface area contributed by atoms with Crippen LogP contribution in [0.2, 0.25) is 5.02 Å². The zero-order chi connectivity index (χ0) is 36.6. The number of fused-ring (bicyclic) bond motifs is 1. The molecular weight excluding hydrogens is 670 g/mol. The molecule has 2 bridgehead atoms. The van der Waals surface area contributed by atoms with Crippen LogP contribution in [0.5, 0.6) is 5.75 Å². The number of aryl methyl sites for hydroxylation is 1. The fourth-order valence-corrected chi connectivity index (χ4v) is 8.94. The molecule has 4 rings (SSSR count). The number of aliphatic hydroxyl groups is 1. The Kier molecular flexibility index (Phi) is 15.1. The van der Waals surface area contributed by atoms with E-state index in [1.165, 1.54) is 11.1 Å². The highest BCUT2D eigenvalue weighted by Gasteiger charge is 2.34. The van der Waals surface area contributed by atoms with Crippen molar-refractivity contribution in [1.82, 2.24) is 9.62 Å². The molecule has 2 heterocycles. The SMILES string of the molecule is CCCc1cc(Cl)ccc1C1COc2ccc3cc2N(C1)CC(C)C(CC)C(COC[C@](C)(CO)N(C)C)CCCC(C)C(C)S(=O)NC3=O. The predicted molar refractivity (Wildman–Crippen MR) is 207 cm³/mol. The van der Waals surface area contributed by atoms with Gasteiger partial charge in [0.25, 0.3) is 5.91 Å². The summed E-state index contributed by atoms with van der Waals surface area (Å²) < 4.78 is 29.2. The molecule has 0 aliphatic carbocycles. The lowest BCUT2D eigenvalue weighted by Crippen LogP contribution is -2.49. The molecule has 7 unspecified atom stereocenters. The lowest BCUT2D eigenvalue weighted by molar-refractivity contribution is -0.0285. The summed E-state index contributed by atoms with van der Waals surface area (Å²) in [6, 6.07) is 11.8. The van der Waals surface area contributed by atoms with E-state index >= 15 is 0 Å².